The average molecular weight is 369 g/mol. The smallest absolute Gasteiger partial charge is 0.377 e. The molecule has 7 atom stereocenters. The van der Waals surface area contributed by atoms with E-state index in [0.29, 0.717) is 0 Å². The van der Waals surface area contributed by atoms with Gasteiger partial charge in [0.15, 0.2) is 18.2 Å². The van der Waals surface area contributed by atoms with Crippen molar-refractivity contribution in [3.05, 3.63) is 11.5 Å². The predicted octanol–water partition coefficient (Wildman–Crippen LogP) is -4.40. The molecule has 0 saturated carbocycles. The molecule has 12 heteroatoms. The van der Waals surface area contributed by atoms with E-state index in [1.165, 1.54) is 7.05 Å². The third-order valence-corrected chi connectivity index (χ3v) is 3.71. The topological polar surface area (TPSA) is 209 Å². The van der Waals surface area contributed by atoms with Crippen molar-refractivity contribution in [1.82, 2.24) is 5.32 Å². The maximum atomic E-state index is 10.5. The lowest BCUT2D eigenvalue weighted by Gasteiger charge is -2.39. The average Bonchev–Trinajstić information content (AvgIpc) is 2.86. The van der Waals surface area contributed by atoms with Crippen LogP contribution < -0.4 is 5.32 Å². The van der Waals surface area contributed by atoms with Crippen LogP contribution in [-0.2, 0) is 14.3 Å². The minimum atomic E-state index is -1.42. The van der Waals surface area contributed by atoms with Crippen LogP contribution in [0.25, 0.3) is 0 Å². The summed E-state index contributed by atoms with van der Waals surface area (Å²) in [6, 6.07) is -0.738. The summed E-state index contributed by atoms with van der Waals surface area (Å²) in [5.41, 5.74) is 0. The van der Waals surface area contributed by atoms with Gasteiger partial charge in [-0.25, -0.2) is 4.79 Å². The molecular weight excluding hydrogens is 346 g/mol. The summed E-state index contributed by atoms with van der Waals surface area (Å²) in [6.45, 7) is -1.11. The van der Waals surface area contributed by atoms with E-state index < -0.39 is 73.6 Å². The Bertz CT molecular complexity index is 485. The number of ether oxygens (including phenoxy) is 2. The molecule has 0 aromatic heterocycles. The minimum absolute atomic E-state index is 0.439. The van der Waals surface area contributed by atoms with Crippen LogP contribution in [0.15, 0.2) is 11.5 Å². The van der Waals surface area contributed by atoms with Crippen LogP contribution in [0.2, 0.25) is 0 Å². The SMILES string of the molecule is CN[C@@H]1[C@@H](O)[C@H](O)[C@@H](CO)O[C@H]1O.O=C1O[C@H]([C@@H](O)CO)C(O)=C1O. The van der Waals surface area contributed by atoms with Gasteiger partial charge in [-0.15, -0.1) is 0 Å². The van der Waals surface area contributed by atoms with Crippen LogP contribution in [0.1, 0.15) is 0 Å². The highest BCUT2D eigenvalue weighted by atomic mass is 16.6. The van der Waals surface area contributed by atoms with E-state index in [-0.39, 0.29) is 0 Å². The Kier molecular flexibility index (Phi) is 7.98. The maximum absolute atomic E-state index is 10.5. The number of cyclic esters (lactones) is 1. The van der Waals surface area contributed by atoms with E-state index >= 15 is 0 Å². The van der Waals surface area contributed by atoms with Crippen LogP contribution in [0.5, 0.6) is 0 Å². The van der Waals surface area contributed by atoms with Crippen LogP contribution in [0, 0.1) is 0 Å². The Labute approximate surface area is 142 Å². The van der Waals surface area contributed by atoms with Gasteiger partial charge in [0.25, 0.3) is 0 Å². The fourth-order valence-corrected chi connectivity index (χ4v) is 2.23. The second-order valence-corrected chi connectivity index (χ2v) is 5.35. The molecule has 2 heterocycles. The second kappa shape index (κ2) is 9.26. The first-order valence-corrected chi connectivity index (χ1v) is 7.29. The van der Waals surface area contributed by atoms with E-state index in [0.717, 1.165) is 0 Å². The molecule has 1 fully saturated rings. The first-order valence-electron chi connectivity index (χ1n) is 7.29. The molecule has 0 unspecified atom stereocenters. The molecule has 0 aromatic rings. The third-order valence-electron chi connectivity index (χ3n) is 3.71. The summed E-state index contributed by atoms with van der Waals surface area (Å²) in [5, 5.41) is 74.5. The summed E-state index contributed by atoms with van der Waals surface area (Å²) < 4.78 is 9.17. The van der Waals surface area contributed by atoms with E-state index in [4.69, 9.17) is 30.3 Å². The van der Waals surface area contributed by atoms with Crippen molar-refractivity contribution in [3.8, 4) is 0 Å². The van der Waals surface area contributed by atoms with Gasteiger partial charge in [-0.2, -0.15) is 0 Å². The van der Waals surface area contributed by atoms with Crippen LogP contribution >= 0.6 is 0 Å². The molecule has 2 rings (SSSR count). The number of hydrogen-bond acceptors (Lipinski definition) is 12. The number of esters is 1. The lowest BCUT2D eigenvalue weighted by Crippen LogP contribution is -2.62. The first-order chi connectivity index (χ1) is 11.7. The number of aliphatic hydroxyl groups excluding tert-OH is 8. The summed E-state index contributed by atoms with van der Waals surface area (Å²) in [5.74, 6) is -2.78. The minimum Gasteiger partial charge on any atom is -0.505 e. The Hall–Kier alpha value is -1.51. The molecule has 2 aliphatic rings. The molecule has 12 nitrogen and oxygen atoms in total. The number of rotatable bonds is 4. The molecular formula is C13H23NO11. The molecule has 2 aliphatic heterocycles. The molecule has 25 heavy (non-hydrogen) atoms. The number of likely N-dealkylation sites (N-methyl/N-ethyl adjacent to an activating group) is 1. The first kappa shape index (κ1) is 21.5. The van der Waals surface area contributed by atoms with Crippen LogP contribution in [0.4, 0.5) is 0 Å². The highest BCUT2D eigenvalue weighted by Gasteiger charge is 2.42. The van der Waals surface area contributed by atoms with Crippen molar-refractivity contribution < 1.29 is 55.1 Å². The van der Waals surface area contributed by atoms with Gasteiger partial charge in [-0.05, 0) is 7.05 Å². The quantitative estimate of drug-likeness (QED) is 0.215. The largest absolute Gasteiger partial charge is 0.505 e. The van der Waals surface area contributed by atoms with E-state index in [1.807, 2.05) is 0 Å². The number of nitrogens with one attached hydrogen (secondary N) is 1. The highest BCUT2D eigenvalue weighted by molar-refractivity contribution is 5.89. The summed E-state index contributed by atoms with van der Waals surface area (Å²) in [4.78, 5) is 10.5. The standard InChI is InChI=1S/C7H15NO5.C6H8O6/c1-8-4-6(11)5(10)3(2-9)13-7(4)12;7-1-2(8)5-3(9)4(10)6(11)12-5/h3-12H,2H2,1H3;2,5,7-10H,1H2/t3-,4-,5-,6-,7-;2-,5+/m10/s1. The van der Waals surface area contributed by atoms with Crippen LogP contribution in [0.3, 0.4) is 0 Å². The Morgan fingerprint density at radius 1 is 1.16 bits per heavy atom. The number of hydrogen-bond donors (Lipinski definition) is 9. The zero-order chi connectivity index (χ0) is 19.3. The second-order valence-electron chi connectivity index (χ2n) is 5.35. The van der Waals surface area contributed by atoms with Crippen molar-refractivity contribution in [2.75, 3.05) is 20.3 Å². The molecule has 9 N–H and O–H groups in total. The number of carbonyl (C=O) groups excluding carboxylic acids is 1. The van der Waals surface area contributed by atoms with Crippen molar-refractivity contribution >= 4 is 5.97 Å². The lowest BCUT2D eigenvalue weighted by molar-refractivity contribution is -0.253. The summed E-state index contributed by atoms with van der Waals surface area (Å²) in [6.07, 6.45) is -7.27. The van der Waals surface area contributed by atoms with Gasteiger partial charge >= 0.3 is 5.97 Å². The third kappa shape index (κ3) is 4.77. The van der Waals surface area contributed by atoms with Gasteiger partial charge in [-0.1, -0.05) is 0 Å². The van der Waals surface area contributed by atoms with Gasteiger partial charge < -0.3 is 55.6 Å². The zero-order valence-electron chi connectivity index (χ0n) is 13.3. The Morgan fingerprint density at radius 3 is 2.16 bits per heavy atom. The van der Waals surface area contributed by atoms with Gasteiger partial charge in [-0.3, -0.25) is 0 Å². The van der Waals surface area contributed by atoms with Crippen LogP contribution in [-0.4, -0.2) is 110 Å². The number of carbonyl (C=O) groups is 1. The molecule has 0 aliphatic carbocycles. The van der Waals surface area contributed by atoms with E-state index in [9.17, 15) is 20.1 Å². The van der Waals surface area contributed by atoms with E-state index in [2.05, 4.69) is 10.1 Å². The fourth-order valence-electron chi connectivity index (χ4n) is 2.23. The van der Waals surface area contributed by atoms with Gasteiger partial charge in [0.05, 0.1) is 19.3 Å². The maximum Gasteiger partial charge on any atom is 0.377 e. The Morgan fingerprint density at radius 2 is 1.76 bits per heavy atom. The van der Waals surface area contributed by atoms with Gasteiger partial charge in [0.2, 0.25) is 5.76 Å². The Balaban J connectivity index is 0.000000251. The van der Waals surface area contributed by atoms with Crippen molar-refractivity contribution in [2.45, 2.75) is 42.9 Å². The lowest BCUT2D eigenvalue weighted by atomic mass is 9.97. The highest BCUT2D eigenvalue weighted by Crippen LogP contribution is 2.21. The molecule has 146 valence electrons. The fraction of sp³-hybridized carbons (Fsp3) is 0.769. The number of aliphatic hydroxyl groups is 8. The van der Waals surface area contributed by atoms with Gasteiger partial charge in [0, 0.05) is 0 Å². The van der Waals surface area contributed by atoms with Crippen molar-refractivity contribution in [2.24, 2.45) is 0 Å². The molecule has 0 amide bonds. The zero-order valence-corrected chi connectivity index (χ0v) is 13.3. The van der Waals surface area contributed by atoms with E-state index in [1.54, 1.807) is 0 Å². The van der Waals surface area contributed by atoms with Gasteiger partial charge in [0.1, 0.15) is 24.4 Å². The molecule has 0 spiro atoms. The molecule has 0 bridgehead atoms. The summed E-state index contributed by atoms with van der Waals surface area (Å²) >= 11 is 0. The molecule has 1 saturated heterocycles. The normalized spacial score (nSPS) is 36.5. The van der Waals surface area contributed by atoms with Crippen molar-refractivity contribution in [3.63, 3.8) is 0 Å². The summed E-state index contributed by atoms with van der Waals surface area (Å²) in [7, 11) is 1.53. The monoisotopic (exact) mass is 369 g/mol. The molecule has 0 radical (unpaired) electrons. The predicted molar refractivity (Wildman–Crippen MR) is 78.1 cm³/mol. The molecule has 0 aromatic carbocycles. The van der Waals surface area contributed by atoms with Crippen molar-refractivity contribution in [1.29, 1.82) is 0 Å².